The molecule has 0 radical (unpaired) electrons. The summed E-state index contributed by atoms with van der Waals surface area (Å²) in [5.74, 6) is 0. The Hall–Kier alpha value is -10.7. The van der Waals surface area contributed by atoms with Crippen molar-refractivity contribution in [2.75, 3.05) is 0 Å². The van der Waals surface area contributed by atoms with Crippen LogP contribution >= 0.6 is 0 Å². The van der Waals surface area contributed by atoms with Gasteiger partial charge < -0.3 is 0 Å². The Bertz CT molecular complexity index is 5430. The number of aryl methyl sites for hydroxylation is 11. The lowest BCUT2D eigenvalue weighted by Crippen LogP contribution is -2.25. The van der Waals surface area contributed by atoms with E-state index in [9.17, 15) is 0 Å². The maximum absolute atomic E-state index is 2.42. The first kappa shape index (κ1) is 71.3. The molecule has 105 heavy (non-hydrogen) atoms. The van der Waals surface area contributed by atoms with Crippen LogP contribution < -0.4 is 0 Å². The predicted molar refractivity (Wildman–Crippen MR) is 450 cm³/mol. The Morgan fingerprint density at radius 2 is 0.533 bits per heavy atom. The third-order valence-corrected chi connectivity index (χ3v) is 23.6. The molecular formula is C105H102. The Kier molecular flexibility index (Phi) is 18.9. The van der Waals surface area contributed by atoms with E-state index in [-0.39, 0.29) is 27.1 Å². The third kappa shape index (κ3) is 13.2. The summed E-state index contributed by atoms with van der Waals surface area (Å²) < 4.78 is 0. The van der Waals surface area contributed by atoms with Crippen LogP contribution in [0.4, 0.5) is 0 Å². The van der Waals surface area contributed by atoms with E-state index in [0.717, 1.165) is 0 Å². The predicted octanol–water partition coefficient (Wildman–Crippen LogP) is 27.6. The number of rotatable bonds is 7. The fraction of sp³-hybridized carbons (Fsp3) is 0.219. The Morgan fingerprint density at radius 1 is 0.200 bits per heavy atom. The molecule has 14 aromatic carbocycles. The SMILES string of the molecule is Cc1cc(C)cc(C2(C)c3cc(C)ccc3-c3ccc(C)cc32)c1.Cc1ccc(-c2cccc(C3(C)c4cc(C)ccc4-c4ccc(C)cc43)c2)cc1.Cc1ccc2c(c1)C(C)(c1cccc(C(C)(C)C)c1)c1cc(C)ccc1-2.Cc1cccc(C(C)(c2cccc(C)c2)c2ccc3ccccc3c2)c1. The number of hydrogen-bond acceptors (Lipinski definition) is 0. The normalized spacial score (nSPS) is 13.7. The molecule has 522 valence electrons. The fourth-order valence-corrected chi connectivity index (χ4v) is 17.4. The second-order valence-electron chi connectivity index (χ2n) is 32.7. The van der Waals surface area contributed by atoms with E-state index in [1.54, 1.807) is 0 Å². The van der Waals surface area contributed by atoms with Crippen molar-refractivity contribution in [2.24, 2.45) is 0 Å². The van der Waals surface area contributed by atoms with E-state index in [1.165, 1.54) is 189 Å². The van der Waals surface area contributed by atoms with Crippen molar-refractivity contribution in [2.45, 2.75) is 152 Å². The summed E-state index contributed by atoms with van der Waals surface area (Å²) in [7, 11) is 0. The standard InChI is InChI=1S/C29H26.C26H28.C26H24.C24H24/c1-19-8-12-22(13-9-19)23-6-5-7-24(18-23)29(4)27-16-20(2)10-14-25(27)26-15-11-21(3)17-28(26)29;1-17-10-12-21-22-13-11-18(2)15-24(22)26(6,23(21)14-17)20-9-7-8-19(16-20)25(3,4)5;1-19-8-6-12-23(16-19)26(3,24-13-7-9-20(2)17-24)25-15-14-21-10-4-5-11-22(21)18-25;1-15-6-8-20-21-9-7-16(2)14-23(21)24(5,22(20)13-15)19-11-17(3)10-18(4)12-19/h5-18H,1-4H3;7-16H,1-6H3;4-18H,1-3H3;6-14H,1-5H3. The fourth-order valence-electron chi connectivity index (χ4n) is 17.4. The average Bonchev–Trinajstić information content (AvgIpc) is 1.60. The van der Waals surface area contributed by atoms with Gasteiger partial charge in [-0.15, -0.1) is 0 Å². The molecule has 3 aliphatic carbocycles. The van der Waals surface area contributed by atoms with Gasteiger partial charge in [0.2, 0.25) is 0 Å². The highest BCUT2D eigenvalue weighted by molar-refractivity contribution is 5.88. The van der Waals surface area contributed by atoms with Gasteiger partial charge in [0.25, 0.3) is 0 Å². The van der Waals surface area contributed by atoms with Crippen LogP contribution in [0.15, 0.2) is 291 Å². The molecule has 0 fully saturated rings. The minimum Gasteiger partial charge on any atom is -0.0617 e. The van der Waals surface area contributed by atoms with Crippen LogP contribution in [0, 0.1) is 76.2 Å². The molecule has 17 rings (SSSR count). The number of fused-ring (bicyclic) bond motifs is 10. The summed E-state index contributed by atoms with van der Waals surface area (Å²) in [6.07, 6.45) is 0. The Morgan fingerprint density at radius 3 is 0.933 bits per heavy atom. The molecule has 0 spiro atoms. The summed E-state index contributed by atoms with van der Waals surface area (Å²) in [5, 5.41) is 2.57. The summed E-state index contributed by atoms with van der Waals surface area (Å²) in [6.45, 7) is 40.4. The van der Waals surface area contributed by atoms with Crippen molar-refractivity contribution in [1.82, 2.24) is 0 Å². The quantitative estimate of drug-likeness (QED) is 0.140. The van der Waals surface area contributed by atoms with Crippen LogP contribution in [0.3, 0.4) is 0 Å². The molecule has 0 bridgehead atoms. The zero-order valence-corrected chi connectivity index (χ0v) is 65.2. The Labute approximate surface area is 627 Å². The lowest BCUT2D eigenvalue weighted by atomic mass is 9.70. The van der Waals surface area contributed by atoms with Gasteiger partial charge in [-0.1, -0.05) is 361 Å². The van der Waals surface area contributed by atoms with Crippen LogP contribution in [0.2, 0.25) is 0 Å². The topological polar surface area (TPSA) is 0 Å². The maximum Gasteiger partial charge on any atom is 0.0435 e. The monoisotopic (exact) mass is 1360 g/mol. The molecule has 0 heterocycles. The molecule has 0 aromatic heterocycles. The van der Waals surface area contributed by atoms with E-state index < -0.39 is 0 Å². The van der Waals surface area contributed by atoms with Gasteiger partial charge in [-0.25, -0.2) is 0 Å². The molecular weight excluding hydrogens is 1260 g/mol. The molecule has 0 atom stereocenters. The smallest absolute Gasteiger partial charge is 0.0435 e. The van der Waals surface area contributed by atoms with Gasteiger partial charge in [0, 0.05) is 21.7 Å². The summed E-state index contributed by atoms with van der Waals surface area (Å²) >= 11 is 0. The first-order valence-electron chi connectivity index (χ1n) is 37.8. The molecule has 0 aliphatic heterocycles. The molecule has 3 aliphatic rings. The maximum atomic E-state index is 2.42. The largest absolute Gasteiger partial charge is 0.0617 e. The van der Waals surface area contributed by atoms with Crippen molar-refractivity contribution in [3.05, 3.63) is 425 Å². The third-order valence-electron chi connectivity index (χ3n) is 23.6. The second-order valence-corrected chi connectivity index (χ2v) is 32.7. The van der Waals surface area contributed by atoms with Crippen molar-refractivity contribution >= 4 is 10.8 Å². The zero-order chi connectivity index (χ0) is 74.1. The lowest BCUT2D eigenvalue weighted by molar-refractivity contribution is 0.586. The van der Waals surface area contributed by atoms with Crippen LogP contribution in [-0.4, -0.2) is 0 Å². The first-order valence-corrected chi connectivity index (χ1v) is 37.8. The van der Waals surface area contributed by atoms with Crippen molar-refractivity contribution in [3.63, 3.8) is 0 Å². The summed E-state index contributed by atoms with van der Waals surface area (Å²) in [5.41, 5.74) is 43.0. The molecule has 0 N–H and O–H groups in total. The van der Waals surface area contributed by atoms with Gasteiger partial charge in [-0.2, -0.15) is 0 Å². The second kappa shape index (κ2) is 27.8. The van der Waals surface area contributed by atoms with E-state index >= 15 is 0 Å². The highest BCUT2D eigenvalue weighted by Crippen LogP contribution is 2.56. The average molecular weight is 1360 g/mol. The van der Waals surface area contributed by atoms with Crippen molar-refractivity contribution in [1.29, 1.82) is 0 Å². The van der Waals surface area contributed by atoms with E-state index in [1.807, 2.05) is 0 Å². The molecule has 0 unspecified atom stereocenters. The van der Waals surface area contributed by atoms with Crippen LogP contribution in [0.5, 0.6) is 0 Å². The van der Waals surface area contributed by atoms with E-state index in [4.69, 9.17) is 0 Å². The molecule has 0 amide bonds. The summed E-state index contributed by atoms with van der Waals surface area (Å²) in [4.78, 5) is 0. The molecule has 14 aromatic rings. The van der Waals surface area contributed by atoms with Crippen LogP contribution in [0.25, 0.3) is 55.3 Å². The minimum atomic E-state index is -0.192. The number of hydrogen-bond donors (Lipinski definition) is 0. The molecule has 0 heteroatoms. The van der Waals surface area contributed by atoms with Crippen molar-refractivity contribution in [3.8, 4) is 44.5 Å². The summed E-state index contributed by atoms with van der Waals surface area (Å²) in [6, 6.07) is 109. The molecule has 0 saturated heterocycles. The van der Waals surface area contributed by atoms with E-state index in [0.29, 0.717) is 0 Å². The van der Waals surface area contributed by atoms with Gasteiger partial charge >= 0.3 is 0 Å². The van der Waals surface area contributed by atoms with Crippen LogP contribution in [-0.2, 0) is 27.1 Å². The number of benzene rings is 14. The van der Waals surface area contributed by atoms with Gasteiger partial charge in [0.15, 0.2) is 0 Å². The first-order chi connectivity index (χ1) is 50.1. The van der Waals surface area contributed by atoms with Crippen LogP contribution in [0.1, 0.15) is 182 Å². The van der Waals surface area contributed by atoms with Gasteiger partial charge in [-0.05, 0) is 249 Å². The van der Waals surface area contributed by atoms with Gasteiger partial charge in [0.05, 0.1) is 0 Å². The van der Waals surface area contributed by atoms with Gasteiger partial charge in [-0.3, -0.25) is 0 Å². The Balaban J connectivity index is 0.000000118. The molecule has 0 saturated carbocycles. The zero-order valence-electron chi connectivity index (χ0n) is 65.2. The minimum absolute atomic E-state index is 0.0838. The highest BCUT2D eigenvalue weighted by atomic mass is 14.5. The van der Waals surface area contributed by atoms with Gasteiger partial charge in [0.1, 0.15) is 0 Å². The lowest BCUT2D eigenvalue weighted by Gasteiger charge is -2.32. The van der Waals surface area contributed by atoms with Crippen molar-refractivity contribution < 1.29 is 0 Å². The molecule has 0 nitrogen and oxygen atoms in total. The van der Waals surface area contributed by atoms with E-state index in [2.05, 4.69) is 416 Å². The highest BCUT2D eigenvalue weighted by Gasteiger charge is 2.44.